The van der Waals surface area contributed by atoms with Crippen LogP contribution in [0.3, 0.4) is 0 Å². The van der Waals surface area contributed by atoms with Crippen LogP contribution in [-0.2, 0) is 0 Å². The van der Waals surface area contributed by atoms with Gasteiger partial charge in [0.25, 0.3) is 0 Å². The molecule has 1 aromatic heterocycles. The number of thiophene rings is 1. The molecule has 0 saturated heterocycles. The highest BCUT2D eigenvalue weighted by Crippen LogP contribution is 2.38. The molecule has 0 nitrogen and oxygen atoms in total. The summed E-state index contributed by atoms with van der Waals surface area (Å²) in [5.41, 5.74) is 2.56. The van der Waals surface area contributed by atoms with E-state index in [9.17, 15) is 0 Å². The summed E-state index contributed by atoms with van der Waals surface area (Å²) in [6.45, 7) is 2.11. The van der Waals surface area contributed by atoms with Gasteiger partial charge in [-0.05, 0) is 29.5 Å². The minimum Gasteiger partial charge on any atom is -0.147 e. The Bertz CT molecular complexity index is 449. The zero-order chi connectivity index (χ0) is 10.8. The molecular formula is C12H10Br2S. The Morgan fingerprint density at radius 2 is 2.00 bits per heavy atom. The van der Waals surface area contributed by atoms with Gasteiger partial charge in [0.15, 0.2) is 0 Å². The van der Waals surface area contributed by atoms with E-state index in [1.54, 1.807) is 11.3 Å². The number of hydrogen-bond donors (Lipinski definition) is 0. The smallest absolute Gasteiger partial charge is 0.0748 e. The monoisotopic (exact) mass is 344 g/mol. The summed E-state index contributed by atoms with van der Waals surface area (Å²) < 4.78 is 1.19. The molecule has 0 spiro atoms. The molecule has 0 aliphatic heterocycles. The van der Waals surface area contributed by atoms with Gasteiger partial charge in [0.2, 0.25) is 0 Å². The van der Waals surface area contributed by atoms with Crippen LogP contribution in [0.1, 0.15) is 20.8 Å². The molecular weight excluding hydrogens is 336 g/mol. The third-order valence-corrected chi connectivity index (χ3v) is 5.60. The van der Waals surface area contributed by atoms with Crippen molar-refractivity contribution >= 4 is 43.2 Å². The van der Waals surface area contributed by atoms with Gasteiger partial charge in [-0.3, -0.25) is 0 Å². The Labute approximate surface area is 111 Å². The molecule has 0 saturated carbocycles. The van der Waals surface area contributed by atoms with Gasteiger partial charge >= 0.3 is 0 Å². The summed E-state index contributed by atoms with van der Waals surface area (Å²) in [7, 11) is 0. The maximum atomic E-state index is 3.74. The molecule has 0 bridgehead atoms. The first kappa shape index (κ1) is 11.4. The van der Waals surface area contributed by atoms with Crippen LogP contribution in [0.25, 0.3) is 0 Å². The van der Waals surface area contributed by atoms with E-state index in [2.05, 4.69) is 74.5 Å². The van der Waals surface area contributed by atoms with Gasteiger partial charge in [0.05, 0.1) is 4.83 Å². The second-order valence-corrected chi connectivity index (χ2v) is 6.04. The largest absolute Gasteiger partial charge is 0.147 e. The van der Waals surface area contributed by atoms with Crippen molar-refractivity contribution in [3.63, 3.8) is 0 Å². The van der Waals surface area contributed by atoms with Crippen LogP contribution >= 0.6 is 43.2 Å². The zero-order valence-electron chi connectivity index (χ0n) is 8.21. The van der Waals surface area contributed by atoms with Gasteiger partial charge in [0.1, 0.15) is 0 Å². The molecule has 78 valence electrons. The summed E-state index contributed by atoms with van der Waals surface area (Å²) in [5, 5.41) is 2.10. The second kappa shape index (κ2) is 4.81. The summed E-state index contributed by atoms with van der Waals surface area (Å²) in [6.07, 6.45) is 0. The molecule has 2 aromatic rings. The van der Waals surface area contributed by atoms with E-state index < -0.39 is 0 Å². The normalized spacial score (nSPS) is 12.7. The lowest BCUT2D eigenvalue weighted by Crippen LogP contribution is -1.92. The molecule has 0 aliphatic rings. The average molecular weight is 346 g/mol. The van der Waals surface area contributed by atoms with Crippen molar-refractivity contribution in [1.29, 1.82) is 0 Å². The Hall–Kier alpha value is -0.120. The van der Waals surface area contributed by atoms with Crippen molar-refractivity contribution in [3.8, 4) is 0 Å². The van der Waals surface area contributed by atoms with Crippen LogP contribution in [0.15, 0.2) is 40.2 Å². The van der Waals surface area contributed by atoms with E-state index in [0.29, 0.717) is 0 Å². The molecule has 15 heavy (non-hydrogen) atoms. The third-order valence-electron chi connectivity index (χ3n) is 2.29. The first-order chi connectivity index (χ1) is 7.20. The molecule has 1 atom stereocenters. The fraction of sp³-hybridized carbons (Fsp3) is 0.167. The maximum absolute atomic E-state index is 3.74. The molecule has 0 amide bonds. The molecule has 1 aromatic carbocycles. The first-order valence-electron chi connectivity index (χ1n) is 4.62. The van der Waals surface area contributed by atoms with Crippen LogP contribution in [-0.4, -0.2) is 0 Å². The number of benzene rings is 1. The average Bonchev–Trinajstić information content (AvgIpc) is 2.74. The molecule has 0 fully saturated rings. The minimum absolute atomic E-state index is 0.284. The van der Waals surface area contributed by atoms with Gasteiger partial charge in [-0.2, -0.15) is 0 Å². The Morgan fingerprint density at radius 3 is 2.67 bits per heavy atom. The van der Waals surface area contributed by atoms with E-state index in [0.717, 1.165) is 0 Å². The second-order valence-electron chi connectivity index (χ2n) is 3.36. The van der Waals surface area contributed by atoms with Gasteiger partial charge < -0.3 is 0 Å². The molecule has 0 aliphatic carbocycles. The van der Waals surface area contributed by atoms with E-state index >= 15 is 0 Å². The lowest BCUT2D eigenvalue weighted by molar-refractivity contribution is 1.19. The van der Waals surface area contributed by atoms with Crippen LogP contribution in [0, 0.1) is 6.92 Å². The molecule has 3 heteroatoms. The van der Waals surface area contributed by atoms with E-state index in [1.807, 2.05) is 0 Å². The van der Waals surface area contributed by atoms with E-state index in [4.69, 9.17) is 0 Å². The number of alkyl halides is 1. The van der Waals surface area contributed by atoms with Gasteiger partial charge in [-0.1, -0.05) is 56.1 Å². The Balaban J connectivity index is 2.42. The standard InChI is InChI=1S/C12H10Br2S/c1-8-4-2-5-9(11(8)13)12(14)10-6-3-7-15-10/h2-7,12H,1H3. The Kier molecular flexibility index (Phi) is 3.65. The summed E-state index contributed by atoms with van der Waals surface area (Å²) in [5.74, 6) is 0. The lowest BCUT2D eigenvalue weighted by atomic mass is 10.1. The highest BCUT2D eigenvalue weighted by molar-refractivity contribution is 9.11. The third kappa shape index (κ3) is 2.35. The fourth-order valence-electron chi connectivity index (χ4n) is 1.45. The highest BCUT2D eigenvalue weighted by atomic mass is 79.9. The van der Waals surface area contributed by atoms with Gasteiger partial charge in [0, 0.05) is 9.35 Å². The van der Waals surface area contributed by atoms with E-state index in [-0.39, 0.29) is 4.83 Å². The van der Waals surface area contributed by atoms with Crippen LogP contribution in [0.4, 0.5) is 0 Å². The van der Waals surface area contributed by atoms with Crippen molar-refractivity contribution in [2.45, 2.75) is 11.8 Å². The molecule has 1 unspecified atom stereocenters. The van der Waals surface area contributed by atoms with Crippen molar-refractivity contribution in [2.24, 2.45) is 0 Å². The van der Waals surface area contributed by atoms with Crippen molar-refractivity contribution < 1.29 is 0 Å². The van der Waals surface area contributed by atoms with Gasteiger partial charge in [-0.15, -0.1) is 11.3 Å². The SMILES string of the molecule is Cc1cccc(C(Br)c2cccs2)c1Br. The number of hydrogen-bond acceptors (Lipinski definition) is 1. The predicted molar refractivity (Wildman–Crippen MR) is 74.0 cm³/mol. The topological polar surface area (TPSA) is 0 Å². The van der Waals surface area contributed by atoms with E-state index in [1.165, 1.54) is 20.5 Å². The zero-order valence-corrected chi connectivity index (χ0v) is 12.2. The first-order valence-corrected chi connectivity index (χ1v) is 7.21. The van der Waals surface area contributed by atoms with Crippen LogP contribution < -0.4 is 0 Å². The number of aryl methyl sites for hydroxylation is 1. The van der Waals surface area contributed by atoms with Crippen molar-refractivity contribution in [3.05, 3.63) is 56.2 Å². The predicted octanol–water partition coefficient (Wildman–Crippen LogP) is 5.30. The molecule has 1 heterocycles. The minimum atomic E-state index is 0.284. The molecule has 0 N–H and O–H groups in total. The maximum Gasteiger partial charge on any atom is 0.0748 e. The van der Waals surface area contributed by atoms with Crippen molar-refractivity contribution in [1.82, 2.24) is 0 Å². The van der Waals surface area contributed by atoms with Crippen molar-refractivity contribution in [2.75, 3.05) is 0 Å². The summed E-state index contributed by atoms with van der Waals surface area (Å²) in [4.78, 5) is 1.62. The quantitative estimate of drug-likeness (QED) is 0.647. The molecule has 2 rings (SSSR count). The number of rotatable bonds is 2. The summed E-state index contributed by atoms with van der Waals surface area (Å²) in [6, 6.07) is 10.6. The van der Waals surface area contributed by atoms with Crippen LogP contribution in [0.5, 0.6) is 0 Å². The molecule has 0 radical (unpaired) electrons. The number of halogens is 2. The Morgan fingerprint density at radius 1 is 1.20 bits per heavy atom. The fourth-order valence-corrected chi connectivity index (χ4v) is 3.83. The van der Waals surface area contributed by atoms with Gasteiger partial charge in [-0.25, -0.2) is 0 Å². The summed E-state index contributed by atoms with van der Waals surface area (Å²) >= 11 is 9.15. The highest BCUT2D eigenvalue weighted by Gasteiger charge is 2.14. The van der Waals surface area contributed by atoms with Crippen LogP contribution in [0.2, 0.25) is 0 Å². The lowest BCUT2D eigenvalue weighted by Gasteiger charge is -2.12.